The van der Waals surface area contributed by atoms with Crippen LogP contribution in [0.3, 0.4) is 0 Å². The first-order chi connectivity index (χ1) is 8.36. The van der Waals surface area contributed by atoms with Gasteiger partial charge >= 0.3 is 5.97 Å². The first-order valence-corrected chi connectivity index (χ1v) is 7.72. The van der Waals surface area contributed by atoms with Gasteiger partial charge in [-0.05, 0) is 18.9 Å². The molecule has 18 heavy (non-hydrogen) atoms. The van der Waals surface area contributed by atoms with Crippen molar-refractivity contribution in [2.24, 2.45) is 0 Å². The highest BCUT2D eigenvalue weighted by molar-refractivity contribution is 7.89. The lowest BCUT2D eigenvalue weighted by Gasteiger charge is -2.08. The zero-order valence-corrected chi connectivity index (χ0v) is 11.4. The summed E-state index contributed by atoms with van der Waals surface area (Å²) in [6, 6.07) is 1.12. The summed E-state index contributed by atoms with van der Waals surface area (Å²) in [5.74, 6) is -1.15. The van der Waals surface area contributed by atoms with Crippen LogP contribution in [-0.2, 0) is 10.0 Å². The van der Waals surface area contributed by atoms with E-state index in [0.717, 1.165) is 17.4 Å². The molecule has 1 atom stereocenters. The fraction of sp³-hybridized carbons (Fsp3) is 0.500. The largest absolute Gasteiger partial charge is 0.477 e. The van der Waals surface area contributed by atoms with Crippen LogP contribution in [0.5, 0.6) is 0 Å². The summed E-state index contributed by atoms with van der Waals surface area (Å²) in [5, 5.41) is 19.3. The maximum Gasteiger partial charge on any atom is 0.345 e. The van der Waals surface area contributed by atoms with E-state index >= 15 is 0 Å². The Bertz CT molecular complexity index is 508. The minimum absolute atomic E-state index is 0.0241. The van der Waals surface area contributed by atoms with Crippen LogP contribution in [0.25, 0.3) is 0 Å². The fourth-order valence-corrected chi connectivity index (χ4v) is 3.38. The molecule has 8 heteroatoms. The summed E-state index contributed by atoms with van der Waals surface area (Å²) in [4.78, 5) is 10.6. The van der Waals surface area contributed by atoms with Crippen LogP contribution in [0.1, 0.15) is 29.4 Å². The standard InChI is InChI=1S/C10H15NO5S2/c1-2-7(12)3-4-11-18(15,16)8-5-9(10(13)14)17-6-8/h5-7,11-12H,2-4H2,1H3,(H,13,14). The van der Waals surface area contributed by atoms with Crippen LogP contribution in [0.4, 0.5) is 0 Å². The summed E-state index contributed by atoms with van der Waals surface area (Å²) in [6.45, 7) is 1.92. The molecule has 0 aliphatic carbocycles. The van der Waals surface area contributed by atoms with Gasteiger partial charge in [-0.1, -0.05) is 6.92 Å². The monoisotopic (exact) mass is 293 g/mol. The van der Waals surface area contributed by atoms with Crippen molar-refractivity contribution in [2.45, 2.75) is 30.8 Å². The first kappa shape index (κ1) is 15.1. The number of aromatic carboxylic acids is 1. The number of rotatable bonds is 7. The lowest BCUT2D eigenvalue weighted by atomic mass is 10.2. The third kappa shape index (κ3) is 4.05. The van der Waals surface area contributed by atoms with Crippen LogP contribution >= 0.6 is 11.3 Å². The van der Waals surface area contributed by atoms with Gasteiger partial charge in [0.2, 0.25) is 10.0 Å². The van der Waals surface area contributed by atoms with Gasteiger partial charge in [-0.3, -0.25) is 0 Å². The fourth-order valence-electron chi connectivity index (χ4n) is 1.22. The second-order valence-corrected chi connectivity index (χ2v) is 6.38. The van der Waals surface area contributed by atoms with Crippen molar-refractivity contribution in [1.82, 2.24) is 4.72 Å². The van der Waals surface area contributed by atoms with Crippen LogP contribution in [0.15, 0.2) is 16.3 Å². The Kier molecular flexibility index (Phi) is 5.27. The number of aliphatic hydroxyl groups excluding tert-OH is 1. The van der Waals surface area contributed by atoms with Crippen LogP contribution in [-0.4, -0.2) is 37.2 Å². The number of hydrogen-bond acceptors (Lipinski definition) is 5. The Morgan fingerprint density at radius 2 is 2.22 bits per heavy atom. The van der Waals surface area contributed by atoms with E-state index in [1.807, 2.05) is 0 Å². The molecule has 0 spiro atoms. The zero-order chi connectivity index (χ0) is 13.8. The third-order valence-electron chi connectivity index (χ3n) is 2.34. The minimum Gasteiger partial charge on any atom is -0.477 e. The molecule has 1 aromatic rings. The molecule has 0 saturated heterocycles. The molecule has 0 aliphatic heterocycles. The number of carboxylic acid groups (broad SMARTS) is 1. The molecule has 1 unspecified atom stereocenters. The number of aliphatic hydroxyl groups is 1. The predicted molar refractivity (Wildman–Crippen MR) is 67.4 cm³/mol. The molecule has 1 aromatic heterocycles. The van der Waals surface area contributed by atoms with Crippen molar-refractivity contribution in [3.63, 3.8) is 0 Å². The Hall–Kier alpha value is -0.960. The van der Waals surface area contributed by atoms with E-state index < -0.39 is 22.1 Å². The average molecular weight is 293 g/mol. The van der Waals surface area contributed by atoms with Crippen molar-refractivity contribution in [1.29, 1.82) is 0 Å². The highest BCUT2D eigenvalue weighted by atomic mass is 32.2. The molecular formula is C10H15NO5S2. The van der Waals surface area contributed by atoms with Crippen LogP contribution < -0.4 is 4.72 Å². The second kappa shape index (κ2) is 6.28. The summed E-state index contributed by atoms with van der Waals surface area (Å²) in [6.07, 6.45) is 0.347. The van der Waals surface area contributed by atoms with E-state index in [0.29, 0.717) is 12.8 Å². The Balaban J connectivity index is 2.65. The second-order valence-electron chi connectivity index (χ2n) is 3.70. The molecule has 0 fully saturated rings. The van der Waals surface area contributed by atoms with E-state index in [9.17, 15) is 18.3 Å². The Labute approximate surface area is 109 Å². The third-order valence-corrected chi connectivity index (χ3v) is 4.85. The van der Waals surface area contributed by atoms with Crippen LogP contribution in [0, 0.1) is 0 Å². The molecule has 1 rings (SSSR count). The minimum atomic E-state index is -3.69. The molecule has 0 amide bonds. The highest BCUT2D eigenvalue weighted by Crippen LogP contribution is 2.19. The number of nitrogens with one attached hydrogen (secondary N) is 1. The van der Waals surface area contributed by atoms with Gasteiger partial charge in [0, 0.05) is 11.9 Å². The lowest BCUT2D eigenvalue weighted by Crippen LogP contribution is -2.26. The smallest absolute Gasteiger partial charge is 0.345 e. The van der Waals surface area contributed by atoms with E-state index in [4.69, 9.17) is 5.11 Å². The Morgan fingerprint density at radius 3 is 2.72 bits per heavy atom. The normalized spacial score (nSPS) is 13.4. The van der Waals surface area contributed by atoms with Gasteiger partial charge in [0.05, 0.1) is 11.0 Å². The first-order valence-electron chi connectivity index (χ1n) is 5.36. The summed E-state index contributed by atoms with van der Waals surface area (Å²) < 4.78 is 25.8. The quantitative estimate of drug-likeness (QED) is 0.692. The van der Waals surface area contributed by atoms with Gasteiger partial charge in [-0.15, -0.1) is 11.3 Å². The number of thiophene rings is 1. The number of hydrogen-bond donors (Lipinski definition) is 3. The van der Waals surface area contributed by atoms with E-state index in [1.165, 1.54) is 5.38 Å². The van der Waals surface area contributed by atoms with Crippen LogP contribution in [0.2, 0.25) is 0 Å². The van der Waals surface area contributed by atoms with E-state index in [2.05, 4.69) is 4.72 Å². The van der Waals surface area contributed by atoms with E-state index in [1.54, 1.807) is 6.92 Å². The molecule has 0 aliphatic rings. The maximum atomic E-state index is 11.8. The molecule has 0 radical (unpaired) electrons. The lowest BCUT2D eigenvalue weighted by molar-refractivity contribution is 0.0702. The van der Waals surface area contributed by atoms with Crippen molar-refractivity contribution >= 4 is 27.3 Å². The highest BCUT2D eigenvalue weighted by Gasteiger charge is 2.18. The summed E-state index contributed by atoms with van der Waals surface area (Å²) >= 11 is 0.861. The SMILES string of the molecule is CCC(O)CCNS(=O)(=O)c1csc(C(=O)O)c1. The van der Waals surface area contributed by atoms with Gasteiger partial charge < -0.3 is 10.2 Å². The summed E-state index contributed by atoms with van der Waals surface area (Å²) in [7, 11) is -3.69. The molecule has 0 bridgehead atoms. The van der Waals surface area contributed by atoms with Crippen molar-refractivity contribution in [3.8, 4) is 0 Å². The van der Waals surface area contributed by atoms with Crippen molar-refractivity contribution in [2.75, 3.05) is 6.54 Å². The predicted octanol–water partition coefficient (Wildman–Crippen LogP) is 0.886. The molecule has 6 nitrogen and oxygen atoms in total. The zero-order valence-electron chi connectivity index (χ0n) is 9.79. The average Bonchev–Trinajstić information content (AvgIpc) is 2.78. The number of sulfonamides is 1. The Morgan fingerprint density at radius 1 is 1.56 bits per heavy atom. The number of carbonyl (C=O) groups is 1. The molecular weight excluding hydrogens is 278 g/mol. The number of carboxylic acids is 1. The topological polar surface area (TPSA) is 104 Å². The van der Waals surface area contributed by atoms with Gasteiger partial charge in [0.25, 0.3) is 0 Å². The van der Waals surface area contributed by atoms with Gasteiger partial charge in [0.1, 0.15) is 4.88 Å². The molecule has 0 aromatic carbocycles. The maximum absolute atomic E-state index is 11.8. The van der Waals surface area contributed by atoms with Crippen molar-refractivity contribution in [3.05, 3.63) is 16.3 Å². The van der Waals surface area contributed by atoms with Gasteiger partial charge in [-0.25, -0.2) is 17.9 Å². The van der Waals surface area contributed by atoms with Crippen molar-refractivity contribution < 1.29 is 23.4 Å². The molecule has 102 valence electrons. The molecule has 0 saturated carbocycles. The molecule has 3 N–H and O–H groups in total. The van der Waals surface area contributed by atoms with Gasteiger partial charge in [-0.2, -0.15) is 0 Å². The summed E-state index contributed by atoms with van der Waals surface area (Å²) in [5.41, 5.74) is 0. The van der Waals surface area contributed by atoms with E-state index in [-0.39, 0.29) is 16.3 Å². The van der Waals surface area contributed by atoms with Gasteiger partial charge in [0.15, 0.2) is 0 Å². The molecule has 1 heterocycles.